The molecule has 0 aliphatic carbocycles. The predicted molar refractivity (Wildman–Crippen MR) is 86.5 cm³/mol. The van der Waals surface area contributed by atoms with Gasteiger partial charge < -0.3 is 15.3 Å². The van der Waals surface area contributed by atoms with E-state index in [2.05, 4.69) is 5.32 Å². The molecule has 23 heavy (non-hydrogen) atoms. The van der Waals surface area contributed by atoms with Gasteiger partial charge in [-0.05, 0) is 42.5 Å². The Bertz CT molecular complexity index is 639. The second-order valence-corrected chi connectivity index (χ2v) is 6.26. The summed E-state index contributed by atoms with van der Waals surface area (Å²) in [5.41, 5.74) is 2.18. The van der Waals surface area contributed by atoms with Crippen LogP contribution in [0.15, 0.2) is 18.2 Å². The van der Waals surface area contributed by atoms with Crippen molar-refractivity contribution in [2.75, 3.05) is 11.4 Å². The number of carboxylic acid groups (broad SMARTS) is 1. The Labute approximate surface area is 135 Å². The number of carbonyl (C=O) groups excluding carboxylic acids is 2. The maximum absolute atomic E-state index is 12.3. The van der Waals surface area contributed by atoms with Crippen LogP contribution in [-0.2, 0) is 16.0 Å². The van der Waals surface area contributed by atoms with Crippen molar-refractivity contribution < 1.29 is 19.5 Å². The summed E-state index contributed by atoms with van der Waals surface area (Å²) in [7, 11) is 0. The number of anilines is 1. The van der Waals surface area contributed by atoms with Crippen LogP contribution in [0.3, 0.4) is 0 Å². The van der Waals surface area contributed by atoms with Crippen LogP contribution in [0.5, 0.6) is 0 Å². The Kier molecular flexibility index (Phi) is 5.03. The highest BCUT2D eigenvalue weighted by molar-refractivity contribution is 5.99. The Morgan fingerprint density at radius 1 is 1.30 bits per heavy atom. The number of rotatable bonds is 5. The minimum atomic E-state index is -1.03. The Balaban J connectivity index is 2.15. The van der Waals surface area contributed by atoms with Crippen LogP contribution in [0.1, 0.15) is 43.1 Å². The largest absolute Gasteiger partial charge is 0.480 e. The van der Waals surface area contributed by atoms with Gasteiger partial charge in [-0.3, -0.25) is 9.59 Å². The lowest BCUT2D eigenvalue weighted by Gasteiger charge is -2.17. The average Bonchev–Trinajstić information content (AvgIpc) is 2.88. The number of hydrogen-bond acceptors (Lipinski definition) is 3. The van der Waals surface area contributed by atoms with E-state index in [1.165, 1.54) is 6.92 Å². The van der Waals surface area contributed by atoms with Crippen LogP contribution in [-0.4, -0.2) is 35.5 Å². The number of carbonyl (C=O) groups is 3. The fourth-order valence-corrected chi connectivity index (χ4v) is 2.80. The van der Waals surface area contributed by atoms with Crippen LogP contribution in [0.25, 0.3) is 0 Å². The van der Waals surface area contributed by atoms with Crippen molar-refractivity contribution in [3.05, 3.63) is 29.3 Å². The number of carboxylic acids is 1. The molecule has 0 radical (unpaired) electrons. The summed E-state index contributed by atoms with van der Waals surface area (Å²) in [6, 6.07) is 4.21. The van der Waals surface area contributed by atoms with Gasteiger partial charge in [0.05, 0.1) is 0 Å². The quantitative estimate of drug-likeness (QED) is 0.867. The van der Waals surface area contributed by atoms with Gasteiger partial charge in [-0.2, -0.15) is 0 Å². The minimum absolute atomic E-state index is 0.0242. The fraction of sp³-hybridized carbons (Fsp3) is 0.471. The second kappa shape index (κ2) is 6.81. The van der Waals surface area contributed by atoms with E-state index >= 15 is 0 Å². The van der Waals surface area contributed by atoms with E-state index in [4.69, 9.17) is 0 Å². The second-order valence-electron chi connectivity index (χ2n) is 6.26. The molecule has 0 bridgehead atoms. The van der Waals surface area contributed by atoms with Crippen molar-refractivity contribution in [2.45, 2.75) is 39.7 Å². The van der Waals surface area contributed by atoms with E-state index in [1.807, 2.05) is 13.8 Å². The van der Waals surface area contributed by atoms with Gasteiger partial charge >= 0.3 is 5.97 Å². The van der Waals surface area contributed by atoms with Gasteiger partial charge in [-0.15, -0.1) is 0 Å². The van der Waals surface area contributed by atoms with Crippen LogP contribution < -0.4 is 10.2 Å². The van der Waals surface area contributed by atoms with Crippen LogP contribution in [0.4, 0.5) is 5.69 Å². The lowest BCUT2D eigenvalue weighted by molar-refractivity contribution is -0.139. The number of hydrogen-bond donors (Lipinski definition) is 2. The van der Waals surface area contributed by atoms with E-state index in [9.17, 15) is 19.5 Å². The Morgan fingerprint density at radius 2 is 2.00 bits per heavy atom. The molecule has 2 amide bonds. The van der Waals surface area contributed by atoms with Crippen molar-refractivity contribution in [2.24, 2.45) is 5.92 Å². The lowest BCUT2D eigenvalue weighted by atomic mass is 10.0. The summed E-state index contributed by atoms with van der Waals surface area (Å²) >= 11 is 0. The highest BCUT2D eigenvalue weighted by Crippen LogP contribution is 2.28. The van der Waals surface area contributed by atoms with Gasteiger partial charge in [-0.25, -0.2) is 4.79 Å². The normalized spacial score (nSPS) is 14.5. The van der Waals surface area contributed by atoms with Crippen molar-refractivity contribution in [1.82, 2.24) is 5.32 Å². The average molecular weight is 318 g/mol. The number of aliphatic carboxylic acids is 1. The van der Waals surface area contributed by atoms with Gasteiger partial charge in [0.15, 0.2) is 0 Å². The fourth-order valence-electron chi connectivity index (χ4n) is 2.80. The van der Waals surface area contributed by atoms with Gasteiger partial charge in [0, 0.05) is 24.7 Å². The molecular formula is C17H22N2O4. The maximum Gasteiger partial charge on any atom is 0.326 e. The molecule has 1 aliphatic rings. The molecule has 0 saturated heterocycles. The number of benzene rings is 1. The molecule has 2 rings (SSSR count). The lowest BCUT2D eigenvalue weighted by Crippen LogP contribution is -2.41. The molecule has 1 aliphatic heterocycles. The zero-order valence-corrected chi connectivity index (χ0v) is 13.6. The van der Waals surface area contributed by atoms with Crippen molar-refractivity contribution in [3.63, 3.8) is 0 Å². The van der Waals surface area contributed by atoms with Gasteiger partial charge in [-0.1, -0.05) is 13.8 Å². The third-order valence-corrected chi connectivity index (χ3v) is 3.93. The summed E-state index contributed by atoms with van der Waals surface area (Å²) in [6.45, 7) is 5.95. The highest BCUT2D eigenvalue weighted by Gasteiger charge is 2.25. The first-order valence-corrected chi connectivity index (χ1v) is 7.74. The number of amides is 2. The number of nitrogens with one attached hydrogen (secondary N) is 1. The molecule has 124 valence electrons. The zero-order chi connectivity index (χ0) is 17.1. The molecule has 6 nitrogen and oxygen atoms in total. The van der Waals surface area contributed by atoms with E-state index < -0.39 is 17.9 Å². The molecule has 0 fully saturated rings. The maximum atomic E-state index is 12.3. The van der Waals surface area contributed by atoms with Gasteiger partial charge in [0.1, 0.15) is 6.04 Å². The highest BCUT2D eigenvalue weighted by atomic mass is 16.4. The summed E-state index contributed by atoms with van der Waals surface area (Å²) in [5.74, 6) is -1.29. The third-order valence-electron chi connectivity index (χ3n) is 3.93. The summed E-state index contributed by atoms with van der Waals surface area (Å²) in [5, 5.41) is 11.8. The molecule has 6 heteroatoms. The molecule has 1 atom stereocenters. The SMILES string of the molecule is CC(=O)N1CCc2cc(C(=O)NC(CC(C)C)C(=O)O)ccc21. The van der Waals surface area contributed by atoms with Crippen LogP contribution >= 0.6 is 0 Å². The van der Waals surface area contributed by atoms with E-state index in [0.29, 0.717) is 24.9 Å². The molecule has 0 spiro atoms. The monoisotopic (exact) mass is 318 g/mol. The standard InChI is InChI=1S/C17H22N2O4/c1-10(2)8-14(17(22)23)18-16(21)13-4-5-15-12(9-13)6-7-19(15)11(3)20/h4-5,9-10,14H,6-8H2,1-3H3,(H,18,21)(H,22,23). The minimum Gasteiger partial charge on any atom is -0.480 e. The number of fused-ring (bicyclic) bond motifs is 1. The van der Waals surface area contributed by atoms with Gasteiger partial charge in [0.25, 0.3) is 5.91 Å². The zero-order valence-electron chi connectivity index (χ0n) is 13.6. The first-order valence-electron chi connectivity index (χ1n) is 7.74. The number of nitrogens with zero attached hydrogens (tertiary/aromatic N) is 1. The molecule has 0 aromatic heterocycles. The molecule has 1 unspecified atom stereocenters. The summed E-state index contributed by atoms with van der Waals surface area (Å²) in [6.07, 6.45) is 1.08. The topological polar surface area (TPSA) is 86.7 Å². The van der Waals surface area contributed by atoms with E-state index in [1.54, 1.807) is 23.1 Å². The molecular weight excluding hydrogens is 296 g/mol. The first-order chi connectivity index (χ1) is 10.8. The summed E-state index contributed by atoms with van der Waals surface area (Å²) < 4.78 is 0. The van der Waals surface area contributed by atoms with Crippen molar-refractivity contribution in [1.29, 1.82) is 0 Å². The van der Waals surface area contributed by atoms with Crippen molar-refractivity contribution in [3.8, 4) is 0 Å². The third kappa shape index (κ3) is 3.88. The van der Waals surface area contributed by atoms with Gasteiger partial charge in [0.2, 0.25) is 5.91 Å². The smallest absolute Gasteiger partial charge is 0.326 e. The van der Waals surface area contributed by atoms with Crippen molar-refractivity contribution >= 4 is 23.5 Å². The molecule has 2 N–H and O–H groups in total. The summed E-state index contributed by atoms with van der Waals surface area (Å²) in [4.78, 5) is 36.8. The molecule has 1 heterocycles. The molecule has 1 aromatic rings. The van der Waals surface area contributed by atoms with Crippen LogP contribution in [0.2, 0.25) is 0 Å². The van der Waals surface area contributed by atoms with Crippen LogP contribution in [0, 0.1) is 5.92 Å². The molecule has 1 aromatic carbocycles. The Morgan fingerprint density at radius 3 is 2.57 bits per heavy atom. The van der Waals surface area contributed by atoms with E-state index in [-0.39, 0.29) is 11.8 Å². The first kappa shape index (κ1) is 17.0. The van der Waals surface area contributed by atoms with E-state index in [0.717, 1.165) is 11.3 Å². The predicted octanol–water partition coefficient (Wildman–Crippen LogP) is 1.82. The molecule has 0 saturated carbocycles. The Hall–Kier alpha value is -2.37.